The largest absolute Gasteiger partial charge is 0.490 e. The van der Waals surface area contributed by atoms with Gasteiger partial charge in [-0.1, -0.05) is 5.16 Å². The lowest BCUT2D eigenvalue weighted by atomic mass is 9.79. The average molecular weight is 435 g/mol. The van der Waals surface area contributed by atoms with Crippen molar-refractivity contribution < 1.29 is 14.1 Å². The van der Waals surface area contributed by atoms with E-state index in [0.717, 1.165) is 71.7 Å². The van der Waals surface area contributed by atoms with Gasteiger partial charge in [-0.15, -0.1) is 0 Å². The molecule has 0 bridgehead atoms. The van der Waals surface area contributed by atoms with Crippen LogP contribution in [0.25, 0.3) is 11.3 Å². The first-order valence-electron chi connectivity index (χ1n) is 11.5. The van der Waals surface area contributed by atoms with Crippen LogP contribution in [0.3, 0.4) is 0 Å². The van der Waals surface area contributed by atoms with Crippen LogP contribution < -0.4 is 10.1 Å². The number of aromatic nitrogens is 3. The molecule has 2 aromatic heterocycles. The number of aryl methyl sites for hydroxylation is 2. The van der Waals surface area contributed by atoms with Crippen molar-refractivity contribution >= 4 is 5.91 Å². The summed E-state index contributed by atoms with van der Waals surface area (Å²) < 4.78 is 13.1. The summed E-state index contributed by atoms with van der Waals surface area (Å²) in [6, 6.07) is 7.71. The maximum absolute atomic E-state index is 12.7. The van der Waals surface area contributed by atoms with E-state index in [4.69, 9.17) is 14.4 Å². The summed E-state index contributed by atoms with van der Waals surface area (Å²) in [6.45, 7) is 4.70. The Morgan fingerprint density at radius 3 is 2.78 bits per heavy atom. The van der Waals surface area contributed by atoms with Crippen molar-refractivity contribution in [1.82, 2.24) is 20.3 Å². The van der Waals surface area contributed by atoms with Gasteiger partial charge in [0.15, 0.2) is 5.76 Å². The van der Waals surface area contributed by atoms with Crippen molar-refractivity contribution in [2.45, 2.75) is 58.0 Å². The molecule has 0 spiro atoms. The Morgan fingerprint density at radius 2 is 2.03 bits per heavy atom. The number of amides is 1. The van der Waals surface area contributed by atoms with Gasteiger partial charge in [0.2, 0.25) is 0 Å². The molecule has 0 radical (unpaired) electrons. The first-order valence-corrected chi connectivity index (χ1v) is 11.5. The average Bonchev–Trinajstić information content (AvgIpc) is 3.48. The van der Waals surface area contributed by atoms with Gasteiger partial charge in [-0.05, 0) is 69.2 Å². The molecule has 3 aromatic rings. The van der Waals surface area contributed by atoms with E-state index in [9.17, 15) is 4.79 Å². The molecule has 5 rings (SSSR count). The fourth-order valence-electron chi connectivity index (χ4n) is 5.03. The number of hydrogen-bond acceptors (Lipinski definition) is 5. The molecule has 0 unspecified atom stereocenters. The molecule has 1 aliphatic carbocycles. The molecule has 32 heavy (non-hydrogen) atoms. The van der Waals surface area contributed by atoms with E-state index in [2.05, 4.69) is 17.4 Å². The molecule has 1 saturated carbocycles. The van der Waals surface area contributed by atoms with Crippen LogP contribution in [0, 0.1) is 12.8 Å². The smallest absolute Gasteiger partial charge is 0.251 e. The monoisotopic (exact) mass is 434 g/mol. The van der Waals surface area contributed by atoms with Gasteiger partial charge in [-0.2, -0.15) is 5.10 Å². The van der Waals surface area contributed by atoms with Gasteiger partial charge >= 0.3 is 0 Å². The molecule has 1 amide bonds. The Hall–Kier alpha value is -3.09. The predicted molar refractivity (Wildman–Crippen MR) is 121 cm³/mol. The summed E-state index contributed by atoms with van der Waals surface area (Å²) in [5.74, 6) is 2.59. The Labute approximate surface area is 188 Å². The highest BCUT2D eigenvalue weighted by Gasteiger charge is 2.28. The Kier molecular flexibility index (Phi) is 5.49. The van der Waals surface area contributed by atoms with Gasteiger partial charge in [0, 0.05) is 43.8 Å². The SMILES string of the molecule is Cc1cc(-c2cn(C)nc2C2CCC(CNC(=O)c3ccc4c(c3)C[C@@H](C)O4)CC2)on1. The van der Waals surface area contributed by atoms with E-state index in [1.54, 1.807) is 0 Å². The molecule has 0 saturated heterocycles. The van der Waals surface area contributed by atoms with Crippen molar-refractivity contribution in [3.05, 3.63) is 53.0 Å². The highest BCUT2D eigenvalue weighted by molar-refractivity contribution is 5.94. The second kappa shape index (κ2) is 8.45. The van der Waals surface area contributed by atoms with Crippen LogP contribution >= 0.6 is 0 Å². The van der Waals surface area contributed by atoms with E-state index in [1.165, 1.54) is 0 Å². The van der Waals surface area contributed by atoms with Crippen LogP contribution in [-0.2, 0) is 13.5 Å². The van der Waals surface area contributed by atoms with Gasteiger partial charge in [0.05, 0.1) is 17.0 Å². The summed E-state index contributed by atoms with van der Waals surface area (Å²) >= 11 is 0. The molecule has 2 aliphatic rings. The Morgan fingerprint density at radius 1 is 1.22 bits per heavy atom. The molecule has 7 heteroatoms. The van der Waals surface area contributed by atoms with Gasteiger partial charge in [-0.25, -0.2) is 0 Å². The summed E-state index contributed by atoms with van der Waals surface area (Å²) in [5, 5.41) is 11.9. The molecule has 168 valence electrons. The number of ether oxygens (including phenoxy) is 1. The van der Waals surface area contributed by atoms with Crippen molar-refractivity contribution in [3.8, 4) is 17.1 Å². The lowest BCUT2D eigenvalue weighted by molar-refractivity contribution is 0.0942. The molecule has 7 nitrogen and oxygen atoms in total. The summed E-state index contributed by atoms with van der Waals surface area (Å²) in [5.41, 5.74) is 4.86. The van der Waals surface area contributed by atoms with E-state index in [1.807, 2.05) is 49.1 Å². The number of carbonyl (C=O) groups is 1. The Bertz CT molecular complexity index is 1120. The third-order valence-corrected chi connectivity index (χ3v) is 6.69. The van der Waals surface area contributed by atoms with E-state index >= 15 is 0 Å². The zero-order valence-electron chi connectivity index (χ0n) is 18.9. The Balaban J connectivity index is 1.17. The fraction of sp³-hybridized carbons (Fsp3) is 0.480. The lowest BCUT2D eigenvalue weighted by Crippen LogP contribution is -2.31. The van der Waals surface area contributed by atoms with Crippen LogP contribution in [0.5, 0.6) is 5.75 Å². The molecule has 1 fully saturated rings. The van der Waals surface area contributed by atoms with Crippen molar-refractivity contribution in [2.24, 2.45) is 13.0 Å². The number of carbonyl (C=O) groups excluding carboxylic acids is 1. The van der Waals surface area contributed by atoms with Crippen LogP contribution in [0.4, 0.5) is 0 Å². The molecular weight excluding hydrogens is 404 g/mol. The minimum atomic E-state index is 0.00202. The van der Waals surface area contributed by atoms with Crippen molar-refractivity contribution in [2.75, 3.05) is 6.54 Å². The molecular formula is C25H30N4O3. The molecule has 1 aliphatic heterocycles. The van der Waals surface area contributed by atoms with Crippen LogP contribution in [0.1, 0.15) is 65.8 Å². The zero-order chi connectivity index (χ0) is 22.2. The van der Waals surface area contributed by atoms with Crippen LogP contribution in [0.15, 0.2) is 35.0 Å². The third-order valence-electron chi connectivity index (χ3n) is 6.69. The standard InChI is InChI=1S/C25H30N4O3/c1-15-10-23(32-28-15)21-14-29(3)27-24(21)18-6-4-17(5-7-18)13-26-25(30)19-8-9-22-20(12-19)11-16(2)31-22/h8-10,12,14,16-18H,4-7,11,13H2,1-3H3,(H,26,30)/t16-,17?,18?/m1/s1. The second-order valence-corrected chi connectivity index (χ2v) is 9.32. The fourth-order valence-corrected chi connectivity index (χ4v) is 5.03. The van der Waals surface area contributed by atoms with Gasteiger partial charge < -0.3 is 14.6 Å². The molecule has 1 atom stereocenters. The number of rotatable bonds is 5. The highest BCUT2D eigenvalue weighted by atomic mass is 16.5. The van der Waals surface area contributed by atoms with E-state index in [-0.39, 0.29) is 12.0 Å². The van der Waals surface area contributed by atoms with Crippen molar-refractivity contribution in [1.29, 1.82) is 0 Å². The zero-order valence-corrected chi connectivity index (χ0v) is 18.9. The summed E-state index contributed by atoms with van der Waals surface area (Å²) in [6.07, 6.45) is 7.34. The van der Waals surface area contributed by atoms with Gasteiger partial charge in [-0.3, -0.25) is 9.48 Å². The molecule has 1 N–H and O–H groups in total. The summed E-state index contributed by atoms with van der Waals surface area (Å²) in [7, 11) is 1.95. The quantitative estimate of drug-likeness (QED) is 0.643. The van der Waals surface area contributed by atoms with Gasteiger partial charge in [0.25, 0.3) is 5.91 Å². The number of nitrogens with zero attached hydrogens (tertiary/aromatic N) is 3. The highest BCUT2D eigenvalue weighted by Crippen LogP contribution is 2.39. The molecule has 3 heterocycles. The second-order valence-electron chi connectivity index (χ2n) is 9.32. The van der Waals surface area contributed by atoms with Crippen LogP contribution in [-0.4, -0.2) is 33.5 Å². The minimum absolute atomic E-state index is 0.00202. The maximum Gasteiger partial charge on any atom is 0.251 e. The van der Waals surface area contributed by atoms with Gasteiger partial charge in [0.1, 0.15) is 11.9 Å². The number of benzene rings is 1. The third kappa shape index (κ3) is 4.16. The lowest BCUT2D eigenvalue weighted by Gasteiger charge is -2.28. The number of nitrogens with one attached hydrogen (secondary N) is 1. The topological polar surface area (TPSA) is 82.2 Å². The number of fused-ring (bicyclic) bond motifs is 1. The normalized spacial score (nSPS) is 22.4. The maximum atomic E-state index is 12.7. The molecule has 1 aromatic carbocycles. The van der Waals surface area contributed by atoms with E-state index in [0.29, 0.717) is 18.4 Å². The summed E-state index contributed by atoms with van der Waals surface area (Å²) in [4.78, 5) is 12.7. The first-order chi connectivity index (χ1) is 15.5. The first kappa shape index (κ1) is 20.8. The van der Waals surface area contributed by atoms with Crippen molar-refractivity contribution in [3.63, 3.8) is 0 Å². The van der Waals surface area contributed by atoms with Crippen LogP contribution in [0.2, 0.25) is 0 Å². The predicted octanol–water partition coefficient (Wildman–Crippen LogP) is 4.41. The minimum Gasteiger partial charge on any atom is -0.490 e. The van der Waals surface area contributed by atoms with E-state index < -0.39 is 0 Å². The number of hydrogen-bond donors (Lipinski definition) is 1.